The highest BCUT2D eigenvalue weighted by molar-refractivity contribution is 5.77. The van der Waals surface area contributed by atoms with Crippen molar-refractivity contribution in [3.63, 3.8) is 0 Å². The Labute approximate surface area is 154 Å². The highest BCUT2D eigenvalue weighted by Crippen LogP contribution is 2.41. The Bertz CT molecular complexity index is 656. The number of rotatable bonds is 6. The number of likely N-dealkylation sites (tertiary alicyclic amines) is 2. The number of carbonyl (C=O) groups excluding carboxylic acids is 1. The van der Waals surface area contributed by atoms with Crippen LogP contribution in [0.4, 0.5) is 0 Å². The fraction of sp³-hybridized carbons (Fsp3) is 0.737. The molecule has 0 unspecified atom stereocenters. The van der Waals surface area contributed by atoms with Gasteiger partial charge in [-0.1, -0.05) is 6.92 Å². The van der Waals surface area contributed by atoms with Crippen molar-refractivity contribution in [1.82, 2.24) is 20.0 Å². The number of aryl methyl sites for hydroxylation is 1. The number of aliphatic hydroxyl groups is 1. The van der Waals surface area contributed by atoms with Gasteiger partial charge in [0, 0.05) is 50.0 Å². The number of H-pyrrole nitrogens is 1. The van der Waals surface area contributed by atoms with Crippen LogP contribution in [0, 0.1) is 5.41 Å². The molecule has 0 aliphatic carbocycles. The normalized spacial score (nSPS) is 26.5. The van der Waals surface area contributed by atoms with Crippen LogP contribution in [0.2, 0.25) is 0 Å². The second-order valence-electron chi connectivity index (χ2n) is 7.70. The second-order valence-corrected chi connectivity index (χ2v) is 7.70. The van der Waals surface area contributed by atoms with E-state index >= 15 is 0 Å². The van der Waals surface area contributed by atoms with Gasteiger partial charge in [-0.15, -0.1) is 0 Å². The quantitative estimate of drug-likeness (QED) is 0.781. The molecule has 2 aliphatic rings. The second kappa shape index (κ2) is 8.31. The molecule has 0 saturated carbocycles. The van der Waals surface area contributed by atoms with Crippen LogP contribution in [-0.4, -0.2) is 69.8 Å². The topological polar surface area (TPSA) is 89.5 Å². The van der Waals surface area contributed by atoms with Crippen molar-refractivity contribution in [3.05, 3.63) is 28.2 Å². The van der Waals surface area contributed by atoms with E-state index < -0.39 is 0 Å². The van der Waals surface area contributed by atoms with Gasteiger partial charge in [0.15, 0.2) is 0 Å². The Morgan fingerprint density at radius 2 is 2.27 bits per heavy atom. The summed E-state index contributed by atoms with van der Waals surface area (Å²) < 4.78 is 0. The third kappa shape index (κ3) is 3.99. The smallest absolute Gasteiger partial charge is 0.264 e. The van der Waals surface area contributed by atoms with Gasteiger partial charge in [-0.25, -0.2) is 5.10 Å². The van der Waals surface area contributed by atoms with Gasteiger partial charge in [0.2, 0.25) is 5.91 Å². The predicted octanol–water partition coefficient (Wildman–Crippen LogP) is 0.788. The van der Waals surface area contributed by atoms with E-state index in [9.17, 15) is 14.7 Å². The fourth-order valence-corrected chi connectivity index (χ4v) is 4.66. The largest absolute Gasteiger partial charge is 0.396 e. The molecule has 7 heteroatoms. The lowest BCUT2D eigenvalue weighted by atomic mass is 9.69. The van der Waals surface area contributed by atoms with Crippen molar-refractivity contribution in [2.24, 2.45) is 5.41 Å². The average molecular weight is 362 g/mol. The molecule has 2 N–H and O–H groups in total. The van der Waals surface area contributed by atoms with Gasteiger partial charge >= 0.3 is 0 Å². The zero-order valence-corrected chi connectivity index (χ0v) is 15.6. The molecule has 2 aliphatic heterocycles. The Kier molecular flexibility index (Phi) is 6.09. The van der Waals surface area contributed by atoms with Crippen molar-refractivity contribution < 1.29 is 9.90 Å². The summed E-state index contributed by atoms with van der Waals surface area (Å²) in [5.41, 5.74) is 0.307. The number of amides is 1. The first-order valence-corrected chi connectivity index (χ1v) is 9.75. The first kappa shape index (κ1) is 19.0. The lowest BCUT2D eigenvalue weighted by Gasteiger charge is -2.54. The van der Waals surface area contributed by atoms with E-state index in [2.05, 4.69) is 22.0 Å². The van der Waals surface area contributed by atoms with Gasteiger partial charge in [-0.05, 0) is 38.3 Å². The van der Waals surface area contributed by atoms with E-state index in [0.29, 0.717) is 12.8 Å². The average Bonchev–Trinajstić information content (AvgIpc) is 2.66. The number of aliphatic hydroxyl groups excluding tert-OH is 1. The molecule has 2 saturated heterocycles. The Balaban J connectivity index is 1.66. The Morgan fingerprint density at radius 1 is 1.42 bits per heavy atom. The van der Waals surface area contributed by atoms with Crippen LogP contribution in [0.25, 0.3) is 0 Å². The summed E-state index contributed by atoms with van der Waals surface area (Å²) in [6.45, 7) is 6.03. The SMILES string of the molecule is CCCN1CC[C@H]2N(C(=O)CCc3ccc(=O)[nH]n3)CCC[C@]2(CO)C1. The minimum atomic E-state index is -0.234. The van der Waals surface area contributed by atoms with Crippen LogP contribution in [0.3, 0.4) is 0 Å². The van der Waals surface area contributed by atoms with Gasteiger partial charge in [0.05, 0.1) is 12.3 Å². The minimum Gasteiger partial charge on any atom is -0.396 e. The highest BCUT2D eigenvalue weighted by Gasteiger charge is 2.48. The third-order valence-corrected chi connectivity index (χ3v) is 5.92. The minimum absolute atomic E-state index is 0.129. The summed E-state index contributed by atoms with van der Waals surface area (Å²) >= 11 is 0. The number of nitrogens with one attached hydrogen (secondary N) is 1. The summed E-state index contributed by atoms with van der Waals surface area (Å²) in [7, 11) is 0. The maximum atomic E-state index is 12.9. The molecule has 0 spiro atoms. The summed E-state index contributed by atoms with van der Waals surface area (Å²) in [6, 6.07) is 3.24. The van der Waals surface area contributed by atoms with E-state index in [0.717, 1.165) is 57.6 Å². The zero-order valence-electron chi connectivity index (χ0n) is 15.6. The first-order chi connectivity index (χ1) is 12.6. The molecule has 2 fully saturated rings. The van der Waals surface area contributed by atoms with Crippen LogP contribution in [0.1, 0.15) is 44.7 Å². The van der Waals surface area contributed by atoms with Gasteiger partial charge in [0.25, 0.3) is 5.56 Å². The summed E-state index contributed by atoms with van der Waals surface area (Å²) in [5.74, 6) is 0.129. The molecular weight excluding hydrogens is 332 g/mol. The maximum absolute atomic E-state index is 12.9. The highest BCUT2D eigenvalue weighted by atomic mass is 16.3. The summed E-state index contributed by atoms with van der Waals surface area (Å²) in [6.07, 6.45) is 4.88. The van der Waals surface area contributed by atoms with Crippen LogP contribution in [-0.2, 0) is 11.2 Å². The number of hydrogen-bond donors (Lipinski definition) is 2. The van der Waals surface area contributed by atoms with Crippen LogP contribution in [0.5, 0.6) is 0 Å². The molecule has 1 aromatic heterocycles. The molecule has 0 aromatic carbocycles. The van der Waals surface area contributed by atoms with Crippen molar-refractivity contribution in [2.75, 3.05) is 32.8 Å². The van der Waals surface area contributed by atoms with Gasteiger partial charge < -0.3 is 14.9 Å². The van der Waals surface area contributed by atoms with Crippen molar-refractivity contribution in [1.29, 1.82) is 0 Å². The third-order valence-electron chi connectivity index (χ3n) is 5.92. The monoisotopic (exact) mass is 362 g/mol. The van der Waals surface area contributed by atoms with Crippen LogP contribution in [0.15, 0.2) is 16.9 Å². The molecule has 1 aromatic rings. The number of nitrogens with zero attached hydrogens (tertiary/aromatic N) is 3. The van der Waals surface area contributed by atoms with Gasteiger partial charge in [-0.3, -0.25) is 9.59 Å². The zero-order chi connectivity index (χ0) is 18.6. The van der Waals surface area contributed by atoms with Crippen LogP contribution >= 0.6 is 0 Å². The Morgan fingerprint density at radius 3 is 2.96 bits per heavy atom. The van der Waals surface area contributed by atoms with E-state index in [1.807, 2.05) is 4.90 Å². The lowest BCUT2D eigenvalue weighted by Crippen LogP contribution is -2.63. The van der Waals surface area contributed by atoms with Crippen LogP contribution < -0.4 is 5.56 Å². The number of aromatic amines is 1. The molecule has 144 valence electrons. The fourth-order valence-electron chi connectivity index (χ4n) is 4.66. The van der Waals surface area contributed by atoms with E-state index in [4.69, 9.17) is 0 Å². The molecule has 3 heterocycles. The number of fused-ring (bicyclic) bond motifs is 1. The van der Waals surface area contributed by atoms with Crippen molar-refractivity contribution >= 4 is 5.91 Å². The van der Waals surface area contributed by atoms with Crippen molar-refractivity contribution in [2.45, 2.75) is 51.5 Å². The first-order valence-electron chi connectivity index (χ1n) is 9.75. The van der Waals surface area contributed by atoms with E-state index in [1.54, 1.807) is 6.07 Å². The molecule has 0 radical (unpaired) electrons. The van der Waals surface area contributed by atoms with Crippen molar-refractivity contribution in [3.8, 4) is 0 Å². The number of hydrogen-bond acceptors (Lipinski definition) is 5. The molecule has 0 bridgehead atoms. The van der Waals surface area contributed by atoms with E-state index in [1.165, 1.54) is 6.07 Å². The summed E-state index contributed by atoms with van der Waals surface area (Å²) in [4.78, 5) is 28.4. The molecule has 2 atom stereocenters. The molecule has 26 heavy (non-hydrogen) atoms. The molecular formula is C19H30N4O3. The number of aromatic nitrogens is 2. The van der Waals surface area contributed by atoms with E-state index in [-0.39, 0.29) is 29.5 Å². The Hall–Kier alpha value is -1.73. The maximum Gasteiger partial charge on any atom is 0.264 e. The summed E-state index contributed by atoms with van der Waals surface area (Å²) in [5, 5.41) is 16.6. The predicted molar refractivity (Wildman–Crippen MR) is 98.8 cm³/mol. The molecule has 7 nitrogen and oxygen atoms in total. The molecule has 1 amide bonds. The molecule has 3 rings (SSSR count). The number of carbonyl (C=O) groups is 1. The lowest BCUT2D eigenvalue weighted by molar-refractivity contribution is -0.147. The number of piperidine rings is 2. The van der Waals surface area contributed by atoms with Gasteiger partial charge in [-0.2, -0.15) is 5.10 Å². The van der Waals surface area contributed by atoms with Gasteiger partial charge in [0.1, 0.15) is 0 Å². The standard InChI is InChI=1S/C19H30N4O3/c1-2-10-22-12-8-16-19(13-22,14-24)9-3-11-23(16)18(26)7-5-15-4-6-17(25)21-20-15/h4,6,16,24H,2-3,5,7-14H2,1H3,(H,21,25)/t16-,19-/m1/s1.